The van der Waals surface area contributed by atoms with Crippen LogP contribution in [0.4, 0.5) is 5.82 Å². The summed E-state index contributed by atoms with van der Waals surface area (Å²) in [4.78, 5) is 8.83. The highest BCUT2D eigenvalue weighted by Crippen LogP contribution is 2.30. The Morgan fingerprint density at radius 1 is 1.24 bits per heavy atom. The number of nitrogens with two attached hydrogens (primary N) is 1. The van der Waals surface area contributed by atoms with Gasteiger partial charge in [0.1, 0.15) is 12.4 Å². The molecule has 1 fully saturated rings. The second-order valence-electron chi connectivity index (χ2n) is 6.38. The third-order valence-corrected chi connectivity index (χ3v) is 4.25. The molecule has 2 aromatic heterocycles. The molecular formula is C15H23N5O. The van der Waals surface area contributed by atoms with Gasteiger partial charge in [-0.15, -0.1) is 0 Å². The van der Waals surface area contributed by atoms with Gasteiger partial charge in [0.25, 0.3) is 0 Å². The Balaban J connectivity index is 1.71. The molecule has 0 saturated heterocycles. The minimum Gasteiger partial charge on any atom is -0.383 e. The molecule has 0 radical (unpaired) electrons. The predicted octanol–water partition coefficient (Wildman–Crippen LogP) is 2.29. The van der Waals surface area contributed by atoms with Crippen LogP contribution in [0, 0.1) is 11.8 Å². The molecule has 21 heavy (non-hydrogen) atoms. The molecule has 114 valence electrons. The first-order valence-corrected chi connectivity index (χ1v) is 7.58. The number of anilines is 1. The van der Waals surface area contributed by atoms with E-state index < -0.39 is 0 Å². The largest absolute Gasteiger partial charge is 0.383 e. The van der Waals surface area contributed by atoms with Crippen molar-refractivity contribution < 1.29 is 4.74 Å². The minimum absolute atomic E-state index is 0.302. The molecule has 0 aliphatic heterocycles. The second kappa shape index (κ2) is 5.60. The molecule has 3 rings (SSSR count). The van der Waals surface area contributed by atoms with Crippen molar-refractivity contribution in [2.75, 3.05) is 5.73 Å². The van der Waals surface area contributed by atoms with Crippen LogP contribution in [0.25, 0.3) is 11.0 Å². The van der Waals surface area contributed by atoms with E-state index in [-0.39, 0.29) is 0 Å². The van der Waals surface area contributed by atoms with Crippen LogP contribution in [0.5, 0.6) is 0 Å². The van der Waals surface area contributed by atoms with Gasteiger partial charge in [-0.3, -0.25) is 4.68 Å². The number of nitrogen functional groups attached to an aromatic ring is 1. The van der Waals surface area contributed by atoms with E-state index >= 15 is 0 Å². The lowest BCUT2D eigenvalue weighted by Gasteiger charge is -2.31. The zero-order valence-corrected chi connectivity index (χ0v) is 12.9. The third-order valence-electron chi connectivity index (χ3n) is 4.25. The van der Waals surface area contributed by atoms with Crippen molar-refractivity contribution in [1.82, 2.24) is 19.7 Å². The van der Waals surface area contributed by atoms with Crippen molar-refractivity contribution in [2.24, 2.45) is 18.9 Å². The number of nitrogens with zero attached hydrogens (tertiary/aromatic N) is 4. The lowest BCUT2D eigenvalue weighted by molar-refractivity contribution is -0.0118. The van der Waals surface area contributed by atoms with Gasteiger partial charge in [0.05, 0.1) is 17.7 Å². The molecule has 0 spiro atoms. The van der Waals surface area contributed by atoms with E-state index in [0.717, 1.165) is 35.7 Å². The highest BCUT2D eigenvalue weighted by molar-refractivity contribution is 5.84. The molecule has 1 aliphatic rings. The lowest BCUT2D eigenvalue weighted by atomic mass is 9.82. The SMILES string of the molecule is CC1CC(C)CC(OCc2nc(N)c3cnn(C)c3n2)C1. The summed E-state index contributed by atoms with van der Waals surface area (Å²) in [6, 6.07) is 0. The van der Waals surface area contributed by atoms with Crippen molar-refractivity contribution in [1.29, 1.82) is 0 Å². The Kier molecular flexibility index (Phi) is 3.80. The molecule has 1 saturated carbocycles. The first-order valence-electron chi connectivity index (χ1n) is 7.58. The zero-order chi connectivity index (χ0) is 15.0. The van der Waals surface area contributed by atoms with E-state index in [9.17, 15) is 0 Å². The molecule has 0 amide bonds. The van der Waals surface area contributed by atoms with Gasteiger partial charge in [0.2, 0.25) is 0 Å². The summed E-state index contributed by atoms with van der Waals surface area (Å²) in [5.41, 5.74) is 6.72. The highest BCUT2D eigenvalue weighted by atomic mass is 16.5. The van der Waals surface area contributed by atoms with E-state index in [2.05, 4.69) is 28.9 Å². The third kappa shape index (κ3) is 3.00. The van der Waals surface area contributed by atoms with Crippen LogP contribution in [0.3, 0.4) is 0 Å². The van der Waals surface area contributed by atoms with E-state index in [1.807, 2.05) is 7.05 Å². The smallest absolute Gasteiger partial charge is 0.163 e. The molecule has 2 unspecified atom stereocenters. The monoisotopic (exact) mass is 289 g/mol. The summed E-state index contributed by atoms with van der Waals surface area (Å²) >= 11 is 0. The maximum Gasteiger partial charge on any atom is 0.163 e. The van der Waals surface area contributed by atoms with Crippen LogP contribution in [0.1, 0.15) is 38.9 Å². The average molecular weight is 289 g/mol. The number of aryl methyl sites for hydroxylation is 1. The molecule has 6 nitrogen and oxygen atoms in total. The van der Waals surface area contributed by atoms with Gasteiger partial charge in [-0.1, -0.05) is 13.8 Å². The molecule has 0 aromatic carbocycles. The number of hydrogen-bond acceptors (Lipinski definition) is 5. The van der Waals surface area contributed by atoms with Crippen LogP contribution in [0.2, 0.25) is 0 Å². The fourth-order valence-electron chi connectivity index (χ4n) is 3.36. The lowest BCUT2D eigenvalue weighted by Crippen LogP contribution is -2.26. The van der Waals surface area contributed by atoms with Gasteiger partial charge in [-0.05, 0) is 31.1 Å². The van der Waals surface area contributed by atoms with Crippen LogP contribution >= 0.6 is 0 Å². The fraction of sp³-hybridized carbons (Fsp3) is 0.667. The molecule has 2 atom stereocenters. The van der Waals surface area contributed by atoms with Crippen molar-refractivity contribution in [3.8, 4) is 0 Å². The van der Waals surface area contributed by atoms with Crippen molar-refractivity contribution >= 4 is 16.9 Å². The van der Waals surface area contributed by atoms with Gasteiger partial charge < -0.3 is 10.5 Å². The second-order valence-corrected chi connectivity index (χ2v) is 6.38. The standard InChI is InChI=1S/C15H23N5O/c1-9-4-10(2)6-11(5-9)21-8-13-18-14(16)12-7-17-20(3)15(12)19-13/h7,9-11H,4-6,8H2,1-3H3,(H2,16,18,19). The summed E-state index contributed by atoms with van der Waals surface area (Å²) in [6.45, 7) is 5.00. The maximum absolute atomic E-state index is 6.02. The Labute approximate surface area is 124 Å². The summed E-state index contributed by atoms with van der Waals surface area (Å²) in [5, 5.41) is 4.95. The average Bonchev–Trinajstić information content (AvgIpc) is 2.78. The van der Waals surface area contributed by atoms with E-state index in [4.69, 9.17) is 10.5 Å². The van der Waals surface area contributed by atoms with Crippen LogP contribution in [-0.2, 0) is 18.4 Å². The topological polar surface area (TPSA) is 78.9 Å². The van der Waals surface area contributed by atoms with Crippen LogP contribution in [0.15, 0.2) is 6.20 Å². The minimum atomic E-state index is 0.302. The van der Waals surface area contributed by atoms with E-state index in [1.165, 1.54) is 6.42 Å². The molecule has 2 heterocycles. The Hall–Kier alpha value is -1.69. The normalized spacial score (nSPS) is 26.3. The van der Waals surface area contributed by atoms with Crippen LogP contribution < -0.4 is 5.73 Å². The summed E-state index contributed by atoms with van der Waals surface area (Å²) in [7, 11) is 1.85. The van der Waals surface area contributed by atoms with Gasteiger partial charge in [-0.25, -0.2) is 9.97 Å². The molecule has 2 N–H and O–H groups in total. The van der Waals surface area contributed by atoms with Gasteiger partial charge in [0.15, 0.2) is 11.5 Å². The Morgan fingerprint density at radius 2 is 1.95 bits per heavy atom. The van der Waals surface area contributed by atoms with E-state index in [1.54, 1.807) is 10.9 Å². The van der Waals surface area contributed by atoms with E-state index in [0.29, 0.717) is 24.4 Å². The number of hydrogen-bond donors (Lipinski definition) is 1. The molecule has 1 aliphatic carbocycles. The maximum atomic E-state index is 6.02. The van der Waals surface area contributed by atoms with Gasteiger partial charge >= 0.3 is 0 Å². The predicted molar refractivity (Wildman–Crippen MR) is 81.5 cm³/mol. The molecular weight excluding hydrogens is 266 g/mol. The van der Waals surface area contributed by atoms with Gasteiger partial charge in [-0.2, -0.15) is 5.10 Å². The van der Waals surface area contributed by atoms with Crippen molar-refractivity contribution in [2.45, 2.75) is 45.8 Å². The highest BCUT2D eigenvalue weighted by Gasteiger charge is 2.24. The number of rotatable bonds is 3. The number of ether oxygens (including phenoxy) is 1. The summed E-state index contributed by atoms with van der Waals surface area (Å²) < 4.78 is 7.73. The molecule has 6 heteroatoms. The zero-order valence-electron chi connectivity index (χ0n) is 12.9. The summed E-state index contributed by atoms with van der Waals surface area (Å²) in [5.74, 6) is 2.56. The first kappa shape index (κ1) is 14.3. The van der Waals surface area contributed by atoms with Crippen molar-refractivity contribution in [3.05, 3.63) is 12.0 Å². The molecule has 0 bridgehead atoms. The summed E-state index contributed by atoms with van der Waals surface area (Å²) in [6.07, 6.45) is 5.53. The molecule has 2 aromatic rings. The fourth-order valence-corrected chi connectivity index (χ4v) is 3.36. The number of aromatic nitrogens is 4. The van der Waals surface area contributed by atoms with Gasteiger partial charge in [0, 0.05) is 7.05 Å². The van der Waals surface area contributed by atoms with Crippen molar-refractivity contribution in [3.63, 3.8) is 0 Å². The number of fused-ring (bicyclic) bond motifs is 1. The Morgan fingerprint density at radius 3 is 2.67 bits per heavy atom. The first-order chi connectivity index (χ1) is 10.0. The Bertz CT molecular complexity index is 628. The van der Waals surface area contributed by atoms with Crippen LogP contribution in [-0.4, -0.2) is 25.9 Å². The quantitative estimate of drug-likeness (QED) is 0.937.